The summed E-state index contributed by atoms with van der Waals surface area (Å²) in [5.41, 5.74) is 5.39. The van der Waals surface area contributed by atoms with Crippen molar-refractivity contribution in [1.29, 1.82) is 0 Å². The van der Waals surface area contributed by atoms with Gasteiger partial charge < -0.3 is 10.5 Å². The molecular formula is C11H23NO2. The average molecular weight is 201 g/mol. The average Bonchev–Trinajstić information content (AvgIpc) is 2.15. The maximum atomic E-state index is 10.4. The van der Waals surface area contributed by atoms with Crippen LogP contribution < -0.4 is 5.73 Å². The molecule has 84 valence electrons. The summed E-state index contributed by atoms with van der Waals surface area (Å²) < 4.78 is 4.83. The molecule has 0 saturated carbocycles. The van der Waals surface area contributed by atoms with Crippen LogP contribution >= 0.6 is 0 Å². The smallest absolute Gasteiger partial charge is 0.302 e. The summed E-state index contributed by atoms with van der Waals surface area (Å²) in [5, 5.41) is 0. The third-order valence-corrected chi connectivity index (χ3v) is 2.15. The van der Waals surface area contributed by atoms with Crippen LogP contribution in [0, 0.1) is 0 Å². The van der Waals surface area contributed by atoms with E-state index in [1.807, 2.05) is 0 Å². The minimum atomic E-state index is -0.173. The first-order chi connectivity index (χ1) is 6.77. The molecule has 3 nitrogen and oxygen atoms in total. The van der Waals surface area contributed by atoms with Crippen LogP contribution in [0.15, 0.2) is 0 Å². The number of ether oxygens (including phenoxy) is 1. The third-order valence-electron chi connectivity index (χ3n) is 2.15. The monoisotopic (exact) mass is 201 g/mol. The highest BCUT2D eigenvalue weighted by Crippen LogP contribution is 2.06. The molecule has 0 radical (unpaired) electrons. The lowest BCUT2D eigenvalue weighted by Gasteiger charge is -2.02. The van der Waals surface area contributed by atoms with E-state index in [2.05, 4.69) is 0 Å². The van der Waals surface area contributed by atoms with Crippen molar-refractivity contribution in [3.8, 4) is 0 Å². The first-order valence-corrected chi connectivity index (χ1v) is 5.61. The molecule has 2 N–H and O–H groups in total. The Kier molecular flexibility index (Phi) is 10.1. The van der Waals surface area contributed by atoms with Crippen molar-refractivity contribution >= 4 is 5.97 Å². The molecule has 0 aromatic rings. The first kappa shape index (κ1) is 13.4. The van der Waals surface area contributed by atoms with E-state index in [1.165, 1.54) is 32.6 Å². The Morgan fingerprint density at radius 1 is 1.00 bits per heavy atom. The second-order valence-electron chi connectivity index (χ2n) is 3.60. The highest BCUT2D eigenvalue weighted by molar-refractivity contribution is 5.65. The van der Waals surface area contributed by atoms with Crippen LogP contribution in [0.3, 0.4) is 0 Å². The molecule has 0 bridgehead atoms. The Morgan fingerprint density at radius 2 is 1.50 bits per heavy atom. The lowest BCUT2D eigenvalue weighted by atomic mass is 10.1. The van der Waals surface area contributed by atoms with Gasteiger partial charge in [0.1, 0.15) is 0 Å². The maximum Gasteiger partial charge on any atom is 0.302 e. The summed E-state index contributed by atoms with van der Waals surface area (Å²) in [6.07, 6.45) is 8.36. The normalized spacial score (nSPS) is 10.1. The van der Waals surface area contributed by atoms with Crippen LogP contribution in [0.2, 0.25) is 0 Å². The number of carbonyl (C=O) groups is 1. The molecule has 0 heterocycles. The molecule has 0 spiro atoms. The Morgan fingerprint density at radius 3 is 2.00 bits per heavy atom. The van der Waals surface area contributed by atoms with E-state index in [1.54, 1.807) is 0 Å². The highest BCUT2D eigenvalue weighted by Gasteiger charge is 1.93. The van der Waals surface area contributed by atoms with Gasteiger partial charge in [-0.15, -0.1) is 0 Å². The van der Waals surface area contributed by atoms with Crippen LogP contribution in [0.1, 0.15) is 51.9 Å². The number of carbonyl (C=O) groups excluding carboxylic acids is 1. The second-order valence-corrected chi connectivity index (χ2v) is 3.60. The van der Waals surface area contributed by atoms with Crippen LogP contribution in [0.4, 0.5) is 0 Å². The van der Waals surface area contributed by atoms with Gasteiger partial charge in [-0.25, -0.2) is 0 Å². The summed E-state index contributed by atoms with van der Waals surface area (Å²) in [6.45, 7) is 2.84. The molecule has 0 aliphatic rings. The molecule has 0 aromatic carbocycles. The first-order valence-electron chi connectivity index (χ1n) is 5.61. The van der Waals surface area contributed by atoms with Crippen molar-refractivity contribution in [2.24, 2.45) is 5.73 Å². The van der Waals surface area contributed by atoms with Gasteiger partial charge in [0.05, 0.1) is 6.61 Å². The lowest BCUT2D eigenvalue weighted by Crippen LogP contribution is -2.00. The van der Waals surface area contributed by atoms with Gasteiger partial charge in [-0.1, -0.05) is 32.1 Å². The standard InChI is InChI=1S/C11H23NO2/c1-11(13)14-10-8-6-4-2-3-5-7-9-12/h2-10,12H2,1H3. The highest BCUT2D eigenvalue weighted by atomic mass is 16.5. The van der Waals surface area contributed by atoms with Gasteiger partial charge in [0.25, 0.3) is 0 Å². The summed E-state index contributed by atoms with van der Waals surface area (Å²) >= 11 is 0. The lowest BCUT2D eigenvalue weighted by molar-refractivity contribution is -0.141. The Bertz CT molecular complexity index is 137. The topological polar surface area (TPSA) is 52.3 Å². The van der Waals surface area contributed by atoms with Crippen molar-refractivity contribution in [1.82, 2.24) is 0 Å². The molecular weight excluding hydrogens is 178 g/mol. The SMILES string of the molecule is CC(=O)OCCCCCCCCCN. The van der Waals surface area contributed by atoms with E-state index in [9.17, 15) is 4.79 Å². The van der Waals surface area contributed by atoms with Gasteiger partial charge in [-0.2, -0.15) is 0 Å². The Balaban J connectivity index is 2.88. The molecule has 0 unspecified atom stereocenters. The number of hydrogen-bond donors (Lipinski definition) is 1. The van der Waals surface area contributed by atoms with Gasteiger partial charge >= 0.3 is 5.97 Å². The minimum Gasteiger partial charge on any atom is -0.466 e. The van der Waals surface area contributed by atoms with Crippen molar-refractivity contribution in [2.75, 3.05) is 13.2 Å². The minimum absolute atomic E-state index is 0.173. The molecule has 0 amide bonds. The Labute approximate surface area is 87.0 Å². The van der Waals surface area contributed by atoms with E-state index in [4.69, 9.17) is 10.5 Å². The summed E-state index contributed by atoms with van der Waals surface area (Å²) in [6, 6.07) is 0. The van der Waals surface area contributed by atoms with Crippen LogP contribution in [0.25, 0.3) is 0 Å². The molecule has 0 fully saturated rings. The van der Waals surface area contributed by atoms with E-state index < -0.39 is 0 Å². The molecule has 0 rings (SSSR count). The Hall–Kier alpha value is -0.570. The second kappa shape index (κ2) is 10.5. The van der Waals surface area contributed by atoms with E-state index in [0.29, 0.717) is 6.61 Å². The fourth-order valence-corrected chi connectivity index (χ4v) is 1.35. The number of esters is 1. The summed E-state index contributed by atoms with van der Waals surface area (Å²) in [7, 11) is 0. The van der Waals surface area contributed by atoms with Gasteiger partial charge in [0, 0.05) is 6.92 Å². The number of hydrogen-bond acceptors (Lipinski definition) is 3. The van der Waals surface area contributed by atoms with E-state index in [-0.39, 0.29) is 5.97 Å². The summed E-state index contributed by atoms with van der Waals surface area (Å²) in [5.74, 6) is -0.173. The zero-order valence-electron chi connectivity index (χ0n) is 9.26. The molecule has 0 aliphatic carbocycles. The molecule has 0 atom stereocenters. The van der Waals surface area contributed by atoms with Crippen LogP contribution in [0.5, 0.6) is 0 Å². The summed E-state index contributed by atoms with van der Waals surface area (Å²) in [4.78, 5) is 10.4. The van der Waals surface area contributed by atoms with E-state index >= 15 is 0 Å². The van der Waals surface area contributed by atoms with Crippen LogP contribution in [-0.2, 0) is 9.53 Å². The quantitative estimate of drug-likeness (QED) is 0.460. The predicted molar refractivity (Wildman–Crippen MR) is 58.0 cm³/mol. The zero-order valence-corrected chi connectivity index (χ0v) is 9.26. The fraction of sp³-hybridized carbons (Fsp3) is 0.909. The van der Waals surface area contributed by atoms with Gasteiger partial charge in [-0.3, -0.25) is 4.79 Å². The van der Waals surface area contributed by atoms with Gasteiger partial charge in [-0.05, 0) is 19.4 Å². The molecule has 0 aliphatic heterocycles. The zero-order chi connectivity index (χ0) is 10.6. The molecule has 3 heteroatoms. The van der Waals surface area contributed by atoms with Crippen molar-refractivity contribution in [3.05, 3.63) is 0 Å². The predicted octanol–water partition coefficient (Wildman–Crippen LogP) is 2.24. The number of rotatable bonds is 9. The van der Waals surface area contributed by atoms with Crippen LogP contribution in [-0.4, -0.2) is 19.1 Å². The van der Waals surface area contributed by atoms with Gasteiger partial charge in [0.15, 0.2) is 0 Å². The largest absolute Gasteiger partial charge is 0.466 e. The molecule has 0 aromatic heterocycles. The van der Waals surface area contributed by atoms with Crippen molar-refractivity contribution in [3.63, 3.8) is 0 Å². The van der Waals surface area contributed by atoms with Crippen molar-refractivity contribution < 1.29 is 9.53 Å². The molecule has 14 heavy (non-hydrogen) atoms. The van der Waals surface area contributed by atoms with Crippen molar-refractivity contribution in [2.45, 2.75) is 51.9 Å². The number of nitrogens with two attached hydrogens (primary N) is 1. The van der Waals surface area contributed by atoms with Gasteiger partial charge in [0.2, 0.25) is 0 Å². The third kappa shape index (κ3) is 11.4. The maximum absolute atomic E-state index is 10.4. The fourth-order valence-electron chi connectivity index (χ4n) is 1.35. The van der Waals surface area contributed by atoms with E-state index in [0.717, 1.165) is 25.8 Å². The molecule has 0 saturated heterocycles. The number of unbranched alkanes of at least 4 members (excludes halogenated alkanes) is 6.